The van der Waals surface area contributed by atoms with E-state index < -0.39 is 12.1 Å². The average Bonchev–Trinajstić information content (AvgIpc) is 2.73. The zero-order chi connectivity index (χ0) is 22.5. The highest BCUT2D eigenvalue weighted by Crippen LogP contribution is 2.21. The first-order valence-electron chi connectivity index (χ1n) is 11.8. The van der Waals surface area contributed by atoms with Crippen LogP contribution in [0, 0.1) is 5.92 Å². The molecule has 0 amide bonds. The molecule has 30 heavy (non-hydrogen) atoms. The number of carbonyl (C=O) groups excluding carboxylic acids is 1. The van der Waals surface area contributed by atoms with Crippen LogP contribution in [-0.2, 0) is 14.3 Å². The Labute approximate surface area is 181 Å². The number of carboxylic acids is 1. The third kappa shape index (κ3) is 18.8. The van der Waals surface area contributed by atoms with E-state index in [-0.39, 0.29) is 38.1 Å². The van der Waals surface area contributed by atoms with Gasteiger partial charge in [0.15, 0.2) is 0 Å². The zero-order valence-corrected chi connectivity index (χ0v) is 18.6. The summed E-state index contributed by atoms with van der Waals surface area (Å²) in [5.74, 6) is -1.04. The van der Waals surface area contributed by atoms with Crippen LogP contribution in [0.5, 0.6) is 0 Å². The Balaban J connectivity index is 3.90. The van der Waals surface area contributed by atoms with Gasteiger partial charge in [-0.3, -0.25) is 9.59 Å². The number of aliphatic carboxylic acids is 1. The second-order valence-electron chi connectivity index (χ2n) is 8.18. The Bertz CT molecular complexity index is 414. The maximum atomic E-state index is 12.2. The fourth-order valence-electron chi connectivity index (χ4n) is 3.59. The van der Waals surface area contributed by atoms with Gasteiger partial charge >= 0.3 is 11.9 Å². The van der Waals surface area contributed by atoms with Crippen LogP contribution in [0.1, 0.15) is 103 Å². The lowest BCUT2D eigenvalue weighted by atomic mass is 9.94. The van der Waals surface area contributed by atoms with Crippen molar-refractivity contribution in [3.63, 3.8) is 0 Å². The Morgan fingerprint density at radius 3 is 1.63 bits per heavy atom. The van der Waals surface area contributed by atoms with Crippen LogP contribution in [0.4, 0.5) is 0 Å². The van der Waals surface area contributed by atoms with Crippen molar-refractivity contribution in [1.82, 2.24) is 0 Å². The van der Waals surface area contributed by atoms with Crippen molar-refractivity contribution in [1.29, 1.82) is 0 Å². The molecule has 0 fully saturated rings. The number of ether oxygens (including phenoxy) is 1. The summed E-state index contributed by atoms with van der Waals surface area (Å²) in [7, 11) is 0. The molecule has 178 valence electrons. The molecular formula is C23H44O7. The summed E-state index contributed by atoms with van der Waals surface area (Å²) in [6.45, 7) is -0.277. The average molecular weight is 433 g/mol. The molecule has 0 aromatic rings. The number of esters is 1. The first-order valence-corrected chi connectivity index (χ1v) is 11.8. The largest absolute Gasteiger partial charge is 0.481 e. The molecule has 0 saturated heterocycles. The lowest BCUT2D eigenvalue weighted by Crippen LogP contribution is -2.19. The molecule has 0 radical (unpaired) electrons. The highest BCUT2D eigenvalue weighted by atomic mass is 16.5. The van der Waals surface area contributed by atoms with E-state index in [1.54, 1.807) is 0 Å². The minimum absolute atomic E-state index is 0.0544. The van der Waals surface area contributed by atoms with Gasteiger partial charge in [0.2, 0.25) is 0 Å². The van der Waals surface area contributed by atoms with Gasteiger partial charge in [-0.1, -0.05) is 70.6 Å². The molecule has 0 aliphatic rings. The summed E-state index contributed by atoms with van der Waals surface area (Å²) < 4.78 is 5.14. The number of carboxylic acid groups (broad SMARTS) is 1. The SMILES string of the molecule is O=C(O)CCCCCCCCCC(CCCCCCCC(O)CO)C(=O)OCCO. The summed E-state index contributed by atoms with van der Waals surface area (Å²) in [6.07, 6.45) is 13.9. The van der Waals surface area contributed by atoms with Gasteiger partial charge in [-0.05, 0) is 25.7 Å². The molecule has 0 aromatic heterocycles. The third-order valence-electron chi connectivity index (χ3n) is 5.41. The molecule has 0 aliphatic heterocycles. The van der Waals surface area contributed by atoms with Gasteiger partial charge in [0, 0.05) is 6.42 Å². The molecule has 2 unspecified atom stereocenters. The van der Waals surface area contributed by atoms with Crippen LogP contribution < -0.4 is 0 Å². The summed E-state index contributed by atoms with van der Waals surface area (Å²) >= 11 is 0. The van der Waals surface area contributed by atoms with Crippen LogP contribution in [0.3, 0.4) is 0 Å². The van der Waals surface area contributed by atoms with Crippen LogP contribution in [0.25, 0.3) is 0 Å². The summed E-state index contributed by atoms with van der Waals surface area (Å²) in [4.78, 5) is 22.7. The maximum Gasteiger partial charge on any atom is 0.309 e. The Kier molecular flexibility index (Phi) is 20.2. The molecule has 0 spiro atoms. The van der Waals surface area contributed by atoms with Gasteiger partial charge in [-0.25, -0.2) is 0 Å². The molecule has 0 saturated carbocycles. The standard InChI is InChI=1S/C23H44O7/c24-17-18-30-23(29)20(14-10-6-4-7-11-15-21(26)19-25)13-9-5-2-1-3-8-12-16-22(27)28/h20-21,24-26H,1-19H2,(H,27,28). The first-order chi connectivity index (χ1) is 14.5. The molecule has 0 heterocycles. The van der Waals surface area contributed by atoms with E-state index in [4.69, 9.17) is 20.1 Å². The molecule has 7 nitrogen and oxygen atoms in total. The Morgan fingerprint density at radius 1 is 0.700 bits per heavy atom. The van der Waals surface area contributed by atoms with Crippen LogP contribution in [-0.4, -0.2) is 58.3 Å². The van der Waals surface area contributed by atoms with Gasteiger partial charge in [-0.2, -0.15) is 0 Å². The van der Waals surface area contributed by atoms with Crippen molar-refractivity contribution in [3.8, 4) is 0 Å². The quantitative estimate of drug-likeness (QED) is 0.151. The van der Waals surface area contributed by atoms with Crippen LogP contribution in [0.2, 0.25) is 0 Å². The van der Waals surface area contributed by atoms with Gasteiger partial charge in [-0.15, -0.1) is 0 Å². The van der Waals surface area contributed by atoms with Crippen molar-refractivity contribution in [2.75, 3.05) is 19.8 Å². The van der Waals surface area contributed by atoms with Crippen molar-refractivity contribution >= 4 is 11.9 Å². The summed E-state index contributed by atoms with van der Waals surface area (Å²) in [5, 5.41) is 35.6. The smallest absolute Gasteiger partial charge is 0.309 e. The number of hydrogen-bond acceptors (Lipinski definition) is 6. The van der Waals surface area contributed by atoms with Gasteiger partial charge in [0.25, 0.3) is 0 Å². The van der Waals surface area contributed by atoms with Crippen molar-refractivity contribution in [2.24, 2.45) is 5.92 Å². The van der Waals surface area contributed by atoms with E-state index in [0.717, 1.165) is 89.9 Å². The first kappa shape index (κ1) is 28.8. The molecule has 0 rings (SSSR count). The van der Waals surface area contributed by atoms with Gasteiger partial charge in [0.05, 0.1) is 25.2 Å². The summed E-state index contributed by atoms with van der Waals surface area (Å²) in [5.41, 5.74) is 0. The van der Waals surface area contributed by atoms with E-state index in [1.165, 1.54) is 0 Å². The summed E-state index contributed by atoms with van der Waals surface area (Å²) in [6, 6.07) is 0. The zero-order valence-electron chi connectivity index (χ0n) is 18.6. The van der Waals surface area contributed by atoms with Crippen LogP contribution in [0.15, 0.2) is 0 Å². The highest BCUT2D eigenvalue weighted by Gasteiger charge is 2.19. The minimum Gasteiger partial charge on any atom is -0.481 e. The van der Waals surface area contributed by atoms with Crippen molar-refractivity contribution in [2.45, 2.75) is 109 Å². The molecular weight excluding hydrogens is 388 g/mol. The molecule has 0 aliphatic carbocycles. The number of aliphatic hydroxyl groups excluding tert-OH is 3. The van der Waals surface area contributed by atoms with E-state index in [9.17, 15) is 14.7 Å². The van der Waals surface area contributed by atoms with Crippen molar-refractivity contribution in [3.05, 3.63) is 0 Å². The fourth-order valence-corrected chi connectivity index (χ4v) is 3.59. The van der Waals surface area contributed by atoms with Crippen molar-refractivity contribution < 1.29 is 34.8 Å². The number of aliphatic hydroxyl groups is 3. The van der Waals surface area contributed by atoms with Gasteiger partial charge in [0.1, 0.15) is 6.61 Å². The molecule has 0 aromatic carbocycles. The number of rotatable bonds is 22. The van der Waals surface area contributed by atoms with E-state index in [0.29, 0.717) is 6.42 Å². The highest BCUT2D eigenvalue weighted by molar-refractivity contribution is 5.72. The maximum absolute atomic E-state index is 12.2. The van der Waals surface area contributed by atoms with E-state index >= 15 is 0 Å². The van der Waals surface area contributed by atoms with E-state index in [1.807, 2.05) is 0 Å². The second kappa shape index (κ2) is 21.1. The molecule has 0 bridgehead atoms. The number of carbonyl (C=O) groups is 2. The predicted molar refractivity (Wildman–Crippen MR) is 116 cm³/mol. The molecule has 4 N–H and O–H groups in total. The lowest BCUT2D eigenvalue weighted by Gasteiger charge is -2.16. The molecule has 2 atom stereocenters. The van der Waals surface area contributed by atoms with E-state index in [2.05, 4.69) is 0 Å². The van der Waals surface area contributed by atoms with Crippen LogP contribution >= 0.6 is 0 Å². The second-order valence-corrected chi connectivity index (χ2v) is 8.18. The topological polar surface area (TPSA) is 124 Å². The Morgan fingerprint density at radius 2 is 1.17 bits per heavy atom. The molecule has 7 heteroatoms. The Hall–Kier alpha value is -1.18. The third-order valence-corrected chi connectivity index (χ3v) is 5.41. The fraction of sp³-hybridized carbons (Fsp3) is 0.913. The number of unbranched alkanes of at least 4 members (excludes halogenated alkanes) is 10. The number of hydrogen-bond donors (Lipinski definition) is 4. The lowest BCUT2D eigenvalue weighted by molar-refractivity contribution is -0.150. The predicted octanol–water partition coefficient (Wildman–Crippen LogP) is 3.82. The minimum atomic E-state index is -0.727. The monoisotopic (exact) mass is 432 g/mol. The van der Waals surface area contributed by atoms with Gasteiger partial charge < -0.3 is 25.2 Å². The normalized spacial score (nSPS) is 13.2.